The molecule has 0 saturated carbocycles. The summed E-state index contributed by atoms with van der Waals surface area (Å²) in [5, 5.41) is 11.8. The molecule has 0 aliphatic heterocycles. The Morgan fingerprint density at radius 2 is 1.59 bits per heavy atom. The minimum absolute atomic E-state index is 0.0652. The molecule has 1 atom stereocenters. The van der Waals surface area contributed by atoms with Crippen LogP contribution in [0.5, 0.6) is 0 Å². The molecule has 174 valence electrons. The number of aliphatic carboxylic acids is 1. The summed E-state index contributed by atoms with van der Waals surface area (Å²) in [4.78, 5) is 42.5. The van der Waals surface area contributed by atoms with Crippen LogP contribution in [-0.2, 0) is 14.3 Å². The monoisotopic (exact) mass is 459 g/mol. The fourth-order valence-corrected chi connectivity index (χ4v) is 4.33. The maximum Gasteiger partial charge on any atom is 0.407 e. The van der Waals surface area contributed by atoms with E-state index in [1.807, 2.05) is 48.5 Å². The van der Waals surface area contributed by atoms with Crippen molar-refractivity contribution in [1.82, 2.24) is 10.3 Å². The standard InChI is InChI=1S/C26H25N3O5/c1-2-29(17-11-13-27-14-12-17)25(32)23(15-24(30)31)28-26(33)34-16-22-20-9-5-3-7-18(20)19-8-4-6-10-21(19)22/h3-14,22-23H,2,15-16H2,1H3,(H,28,33)(H,30,31). The van der Waals surface area contributed by atoms with Crippen molar-refractivity contribution in [3.63, 3.8) is 0 Å². The van der Waals surface area contributed by atoms with Gasteiger partial charge in [-0.2, -0.15) is 0 Å². The molecular formula is C26H25N3O5. The van der Waals surface area contributed by atoms with Gasteiger partial charge in [0.05, 0.1) is 6.42 Å². The van der Waals surface area contributed by atoms with Gasteiger partial charge in [0.15, 0.2) is 0 Å². The first-order valence-corrected chi connectivity index (χ1v) is 11.0. The molecule has 3 aromatic rings. The number of amides is 2. The van der Waals surface area contributed by atoms with Gasteiger partial charge in [-0.05, 0) is 41.3 Å². The van der Waals surface area contributed by atoms with Crippen LogP contribution in [0.25, 0.3) is 11.1 Å². The third-order valence-corrected chi connectivity index (χ3v) is 5.87. The highest BCUT2D eigenvalue weighted by atomic mass is 16.5. The summed E-state index contributed by atoms with van der Waals surface area (Å²) < 4.78 is 5.50. The van der Waals surface area contributed by atoms with Gasteiger partial charge in [-0.1, -0.05) is 48.5 Å². The molecule has 1 aliphatic rings. The first-order valence-electron chi connectivity index (χ1n) is 11.0. The number of anilines is 1. The SMILES string of the molecule is CCN(C(=O)C(CC(=O)O)NC(=O)OCC1c2ccccc2-c2ccccc21)c1ccncc1. The van der Waals surface area contributed by atoms with Gasteiger partial charge in [-0.25, -0.2) is 4.79 Å². The first kappa shape index (κ1) is 23.0. The molecule has 2 amide bonds. The normalized spacial score (nSPS) is 12.9. The highest BCUT2D eigenvalue weighted by molar-refractivity contribution is 6.00. The summed E-state index contributed by atoms with van der Waals surface area (Å²) in [5.41, 5.74) is 4.88. The van der Waals surface area contributed by atoms with Gasteiger partial charge in [0, 0.05) is 30.5 Å². The van der Waals surface area contributed by atoms with E-state index in [4.69, 9.17) is 4.74 Å². The van der Waals surface area contributed by atoms with E-state index in [1.165, 1.54) is 17.3 Å². The molecule has 0 spiro atoms. The predicted octanol–water partition coefficient (Wildman–Crippen LogP) is 3.82. The maximum absolute atomic E-state index is 13.1. The zero-order chi connectivity index (χ0) is 24.1. The number of likely N-dealkylation sites (N-methyl/N-ethyl adjacent to an activating group) is 1. The quantitative estimate of drug-likeness (QED) is 0.530. The van der Waals surface area contributed by atoms with E-state index >= 15 is 0 Å². The lowest BCUT2D eigenvalue weighted by Crippen LogP contribution is -2.50. The predicted molar refractivity (Wildman–Crippen MR) is 127 cm³/mol. The average Bonchev–Trinajstić information content (AvgIpc) is 3.17. The highest BCUT2D eigenvalue weighted by Gasteiger charge is 2.31. The third-order valence-electron chi connectivity index (χ3n) is 5.87. The van der Waals surface area contributed by atoms with Gasteiger partial charge in [0.2, 0.25) is 5.91 Å². The number of hydrogen-bond donors (Lipinski definition) is 2. The number of nitrogens with zero attached hydrogens (tertiary/aromatic N) is 2. The molecular weight excluding hydrogens is 434 g/mol. The zero-order valence-corrected chi connectivity index (χ0v) is 18.7. The number of rotatable bonds is 8. The molecule has 2 N–H and O–H groups in total. The summed E-state index contributed by atoms with van der Waals surface area (Å²) in [5.74, 6) is -1.89. The second-order valence-electron chi connectivity index (χ2n) is 7.91. The Kier molecular flexibility index (Phi) is 6.87. The van der Waals surface area contributed by atoms with Crippen LogP contribution in [-0.4, -0.2) is 47.3 Å². The van der Waals surface area contributed by atoms with E-state index in [1.54, 1.807) is 19.1 Å². The molecule has 1 heterocycles. The molecule has 0 fully saturated rings. The maximum atomic E-state index is 13.1. The van der Waals surface area contributed by atoms with Crippen LogP contribution in [0.2, 0.25) is 0 Å². The van der Waals surface area contributed by atoms with Crippen LogP contribution in [0.4, 0.5) is 10.5 Å². The molecule has 34 heavy (non-hydrogen) atoms. The van der Waals surface area contributed by atoms with E-state index in [2.05, 4.69) is 10.3 Å². The smallest absolute Gasteiger partial charge is 0.407 e. The second kappa shape index (κ2) is 10.2. The number of fused-ring (bicyclic) bond motifs is 3. The second-order valence-corrected chi connectivity index (χ2v) is 7.91. The Balaban J connectivity index is 1.47. The third kappa shape index (κ3) is 4.76. The summed E-state index contributed by atoms with van der Waals surface area (Å²) in [6, 6.07) is 17.9. The molecule has 2 aromatic carbocycles. The van der Waals surface area contributed by atoms with Crippen molar-refractivity contribution >= 4 is 23.7 Å². The van der Waals surface area contributed by atoms with Crippen molar-refractivity contribution in [2.45, 2.75) is 25.3 Å². The zero-order valence-electron chi connectivity index (χ0n) is 18.7. The average molecular weight is 460 g/mol. The van der Waals surface area contributed by atoms with Gasteiger partial charge < -0.3 is 20.1 Å². The lowest BCUT2D eigenvalue weighted by molar-refractivity contribution is -0.139. The summed E-state index contributed by atoms with van der Waals surface area (Å²) in [6.45, 7) is 2.13. The number of alkyl carbamates (subject to hydrolysis) is 1. The molecule has 1 aliphatic carbocycles. The van der Waals surface area contributed by atoms with Gasteiger partial charge in [0.25, 0.3) is 0 Å². The molecule has 0 bridgehead atoms. The number of carbonyl (C=O) groups is 3. The van der Waals surface area contributed by atoms with Gasteiger partial charge in [0.1, 0.15) is 12.6 Å². The van der Waals surface area contributed by atoms with Gasteiger partial charge in [-0.3, -0.25) is 14.6 Å². The van der Waals surface area contributed by atoms with Crippen LogP contribution >= 0.6 is 0 Å². The van der Waals surface area contributed by atoms with Gasteiger partial charge in [-0.15, -0.1) is 0 Å². The molecule has 1 unspecified atom stereocenters. The number of benzene rings is 2. The van der Waals surface area contributed by atoms with Crippen molar-refractivity contribution in [2.24, 2.45) is 0 Å². The molecule has 0 radical (unpaired) electrons. The highest BCUT2D eigenvalue weighted by Crippen LogP contribution is 2.44. The number of hydrogen-bond acceptors (Lipinski definition) is 5. The first-order chi connectivity index (χ1) is 16.5. The van der Waals surface area contributed by atoms with Crippen molar-refractivity contribution in [3.8, 4) is 11.1 Å². The molecule has 8 heteroatoms. The Hall–Kier alpha value is -4.20. The van der Waals surface area contributed by atoms with E-state index in [0.29, 0.717) is 12.2 Å². The molecule has 0 saturated heterocycles. The van der Waals surface area contributed by atoms with Crippen molar-refractivity contribution in [2.75, 3.05) is 18.1 Å². The number of aromatic nitrogens is 1. The Morgan fingerprint density at radius 1 is 1.00 bits per heavy atom. The van der Waals surface area contributed by atoms with E-state index in [-0.39, 0.29) is 12.5 Å². The minimum atomic E-state index is -1.28. The van der Waals surface area contributed by atoms with Crippen LogP contribution < -0.4 is 10.2 Å². The minimum Gasteiger partial charge on any atom is -0.481 e. The fourth-order valence-electron chi connectivity index (χ4n) is 4.33. The van der Waals surface area contributed by atoms with Crippen molar-refractivity contribution in [3.05, 3.63) is 84.2 Å². The molecule has 8 nitrogen and oxygen atoms in total. The van der Waals surface area contributed by atoms with Crippen LogP contribution in [0.15, 0.2) is 73.1 Å². The van der Waals surface area contributed by atoms with Crippen LogP contribution in [0.3, 0.4) is 0 Å². The topological polar surface area (TPSA) is 109 Å². The Labute approximate surface area is 197 Å². The number of carboxylic acids is 1. The van der Waals surface area contributed by atoms with E-state index < -0.39 is 30.4 Å². The molecule has 1 aromatic heterocycles. The number of carboxylic acid groups (broad SMARTS) is 1. The number of carbonyl (C=O) groups excluding carboxylic acids is 2. The number of ether oxygens (including phenoxy) is 1. The van der Waals surface area contributed by atoms with Crippen LogP contribution in [0.1, 0.15) is 30.4 Å². The fraction of sp³-hybridized carbons (Fsp3) is 0.231. The van der Waals surface area contributed by atoms with E-state index in [9.17, 15) is 19.5 Å². The Morgan fingerprint density at radius 3 is 2.15 bits per heavy atom. The largest absolute Gasteiger partial charge is 0.481 e. The molecule has 4 rings (SSSR count). The summed E-state index contributed by atoms with van der Waals surface area (Å²) >= 11 is 0. The Bertz CT molecular complexity index is 1150. The van der Waals surface area contributed by atoms with Crippen molar-refractivity contribution < 1.29 is 24.2 Å². The number of nitrogens with one attached hydrogen (secondary N) is 1. The van der Waals surface area contributed by atoms with Crippen LogP contribution in [0, 0.1) is 0 Å². The van der Waals surface area contributed by atoms with E-state index in [0.717, 1.165) is 22.3 Å². The summed E-state index contributed by atoms with van der Waals surface area (Å²) in [6.07, 6.45) is 1.67. The lowest BCUT2D eigenvalue weighted by Gasteiger charge is -2.26. The van der Waals surface area contributed by atoms with Crippen molar-refractivity contribution in [1.29, 1.82) is 0 Å². The number of pyridine rings is 1. The lowest BCUT2D eigenvalue weighted by atomic mass is 9.98. The van der Waals surface area contributed by atoms with Gasteiger partial charge >= 0.3 is 12.1 Å². The summed E-state index contributed by atoms with van der Waals surface area (Å²) in [7, 11) is 0.